The normalized spacial score (nSPS) is 22.1. The van der Waals surface area contributed by atoms with Gasteiger partial charge in [0.2, 0.25) is 11.7 Å². The number of rotatable bonds is 3. The van der Waals surface area contributed by atoms with Gasteiger partial charge in [-0.1, -0.05) is 0 Å². The quantitative estimate of drug-likeness (QED) is 0.669. The summed E-state index contributed by atoms with van der Waals surface area (Å²) in [6, 6.07) is 0. The predicted molar refractivity (Wildman–Crippen MR) is 69.8 cm³/mol. The Labute approximate surface area is 119 Å². The zero-order chi connectivity index (χ0) is 14.8. The number of methoxy groups -OCH3 is 3. The Hall–Kier alpha value is -1.93. The van der Waals surface area contributed by atoms with Crippen LogP contribution in [-0.4, -0.2) is 42.5 Å². The van der Waals surface area contributed by atoms with Crippen LogP contribution in [0.1, 0.15) is 5.56 Å². The lowest BCUT2D eigenvalue weighted by molar-refractivity contribution is 0.0521. The summed E-state index contributed by atoms with van der Waals surface area (Å²) in [6.07, 6.45) is 2.65. The van der Waals surface area contributed by atoms with Gasteiger partial charge in [0.1, 0.15) is 6.33 Å². The summed E-state index contributed by atoms with van der Waals surface area (Å²) >= 11 is 6.06. The fourth-order valence-corrected chi connectivity index (χ4v) is 1.76. The van der Waals surface area contributed by atoms with Gasteiger partial charge in [-0.2, -0.15) is 9.38 Å². The first-order valence-electron chi connectivity index (χ1n) is 5.45. The molecule has 0 spiro atoms. The van der Waals surface area contributed by atoms with Gasteiger partial charge in [0.15, 0.2) is 0 Å². The smallest absolute Gasteiger partial charge is 0.323 e. The van der Waals surface area contributed by atoms with Crippen molar-refractivity contribution in [3.05, 3.63) is 23.9 Å². The van der Waals surface area contributed by atoms with E-state index >= 15 is 0 Å². The molecular weight excluding hydrogens is 291 g/mol. The summed E-state index contributed by atoms with van der Waals surface area (Å²) in [4.78, 5) is 11.5. The first-order valence-corrected chi connectivity index (χ1v) is 5.83. The monoisotopic (exact) mass is 302 g/mol. The molecule has 1 aliphatic heterocycles. The van der Waals surface area contributed by atoms with Crippen LogP contribution < -0.4 is 10.1 Å². The van der Waals surface area contributed by atoms with Crippen LogP contribution in [0.25, 0.3) is 5.70 Å². The third kappa shape index (κ3) is 2.52. The van der Waals surface area contributed by atoms with Crippen molar-refractivity contribution in [2.75, 3.05) is 21.3 Å². The van der Waals surface area contributed by atoms with Gasteiger partial charge in [0.05, 0.1) is 25.5 Å². The fourth-order valence-electron chi connectivity index (χ4n) is 1.59. The molecule has 1 unspecified atom stereocenters. The fraction of sp³-hybridized carbons (Fsp3) is 0.364. The zero-order valence-electron chi connectivity index (χ0n) is 11.0. The number of nitrogens with zero attached hydrogens (tertiary/aromatic N) is 3. The van der Waals surface area contributed by atoms with E-state index in [1.807, 2.05) is 0 Å². The lowest BCUT2D eigenvalue weighted by Gasteiger charge is -2.29. The maximum absolute atomic E-state index is 14.3. The van der Waals surface area contributed by atoms with Crippen LogP contribution in [0.2, 0.25) is 0 Å². The topological polar surface area (TPSA) is 77.9 Å². The van der Waals surface area contributed by atoms with Crippen molar-refractivity contribution in [2.45, 2.75) is 5.31 Å². The number of hydrogen-bond donors (Lipinski definition) is 1. The third-order valence-electron chi connectivity index (χ3n) is 2.53. The molecule has 2 heterocycles. The van der Waals surface area contributed by atoms with Crippen molar-refractivity contribution in [1.82, 2.24) is 15.3 Å². The van der Waals surface area contributed by atoms with Crippen molar-refractivity contribution >= 4 is 23.2 Å². The van der Waals surface area contributed by atoms with Crippen LogP contribution in [0.3, 0.4) is 0 Å². The second-order valence-corrected chi connectivity index (χ2v) is 4.16. The molecule has 7 nitrogen and oxygen atoms in total. The van der Waals surface area contributed by atoms with Crippen molar-refractivity contribution in [3.8, 4) is 5.88 Å². The summed E-state index contributed by atoms with van der Waals surface area (Å²) in [6.45, 7) is 0. The highest BCUT2D eigenvalue weighted by Crippen LogP contribution is 2.32. The molecule has 2 rings (SSSR count). The van der Waals surface area contributed by atoms with Crippen molar-refractivity contribution in [3.63, 3.8) is 0 Å². The van der Waals surface area contributed by atoms with E-state index < -0.39 is 11.1 Å². The van der Waals surface area contributed by atoms with Crippen LogP contribution >= 0.6 is 11.6 Å². The van der Waals surface area contributed by atoms with E-state index in [0.717, 1.165) is 0 Å². The number of alkyl halides is 1. The number of halogens is 2. The highest BCUT2D eigenvalue weighted by atomic mass is 35.5. The number of nitrogens with one attached hydrogen (secondary N) is 1. The molecule has 0 radical (unpaired) electrons. The van der Waals surface area contributed by atoms with E-state index in [1.165, 1.54) is 33.9 Å². The molecule has 0 amide bonds. The Morgan fingerprint density at radius 2 is 2.05 bits per heavy atom. The van der Waals surface area contributed by atoms with Crippen LogP contribution in [0.4, 0.5) is 4.39 Å². The van der Waals surface area contributed by atoms with Gasteiger partial charge in [0.25, 0.3) is 5.90 Å². The highest BCUT2D eigenvalue weighted by molar-refractivity contribution is 6.24. The van der Waals surface area contributed by atoms with Gasteiger partial charge in [0, 0.05) is 13.3 Å². The van der Waals surface area contributed by atoms with Gasteiger partial charge >= 0.3 is 5.31 Å². The Morgan fingerprint density at radius 3 is 2.65 bits per heavy atom. The van der Waals surface area contributed by atoms with E-state index in [9.17, 15) is 4.39 Å². The average molecular weight is 303 g/mol. The third-order valence-corrected chi connectivity index (χ3v) is 2.87. The number of ether oxygens (including phenoxy) is 3. The van der Waals surface area contributed by atoms with Gasteiger partial charge in [-0.25, -0.2) is 9.97 Å². The van der Waals surface area contributed by atoms with Crippen LogP contribution in [-0.2, 0) is 9.47 Å². The molecule has 0 saturated carbocycles. The Kier molecular flexibility index (Phi) is 4.05. The van der Waals surface area contributed by atoms with Crippen LogP contribution in [0, 0.1) is 0 Å². The van der Waals surface area contributed by atoms with Crippen molar-refractivity contribution < 1.29 is 18.6 Å². The average Bonchev–Trinajstić information content (AvgIpc) is 2.49. The second kappa shape index (κ2) is 5.59. The maximum atomic E-state index is 14.3. The first-order chi connectivity index (χ1) is 9.54. The molecule has 0 aliphatic carbocycles. The first kappa shape index (κ1) is 14.5. The van der Waals surface area contributed by atoms with E-state index in [-0.39, 0.29) is 23.0 Å². The maximum Gasteiger partial charge on any atom is 0.323 e. The summed E-state index contributed by atoms with van der Waals surface area (Å²) in [5.41, 5.74) is 0.227. The van der Waals surface area contributed by atoms with E-state index in [1.54, 1.807) is 0 Å². The Balaban J connectivity index is 2.56. The molecule has 9 heteroatoms. The molecule has 108 valence electrons. The summed E-state index contributed by atoms with van der Waals surface area (Å²) in [7, 11) is 3.99. The second-order valence-electron chi connectivity index (χ2n) is 3.65. The minimum Gasteiger partial charge on any atom is -0.480 e. The van der Waals surface area contributed by atoms with E-state index in [0.29, 0.717) is 0 Å². The molecule has 1 atom stereocenters. The predicted octanol–water partition coefficient (Wildman–Crippen LogP) is 1.27. The number of aromatic nitrogens is 2. The highest BCUT2D eigenvalue weighted by Gasteiger charge is 2.37. The molecule has 20 heavy (non-hydrogen) atoms. The minimum atomic E-state index is -1.68. The van der Waals surface area contributed by atoms with Crippen molar-refractivity contribution in [1.29, 1.82) is 0 Å². The van der Waals surface area contributed by atoms with Gasteiger partial charge in [-0.15, -0.1) is 0 Å². The molecule has 0 aromatic carbocycles. The standard InChI is InChI=1S/C11H12ClFN4O3/c1-18-9-6(4-14-5-15-9)8-7(13)10(19-2)17-11(12,16-8)20-3/h4-5,16H,1-3H3. The lowest BCUT2D eigenvalue weighted by atomic mass is 10.2. The zero-order valence-corrected chi connectivity index (χ0v) is 11.7. The molecular formula is C11H12ClFN4O3. The molecule has 0 fully saturated rings. The minimum absolute atomic E-state index is 0.0360. The lowest BCUT2D eigenvalue weighted by Crippen LogP contribution is -2.43. The molecule has 0 bridgehead atoms. The summed E-state index contributed by atoms with van der Waals surface area (Å²) < 4.78 is 29.2. The molecule has 1 aliphatic rings. The van der Waals surface area contributed by atoms with Crippen molar-refractivity contribution in [2.24, 2.45) is 4.99 Å². The van der Waals surface area contributed by atoms with E-state index in [4.69, 9.17) is 25.8 Å². The van der Waals surface area contributed by atoms with Crippen LogP contribution in [0.5, 0.6) is 5.88 Å². The molecule has 1 aromatic rings. The number of hydrogen-bond acceptors (Lipinski definition) is 7. The van der Waals surface area contributed by atoms with Gasteiger partial charge in [-0.3, -0.25) is 0 Å². The summed E-state index contributed by atoms with van der Waals surface area (Å²) in [5, 5.41) is 0.922. The van der Waals surface area contributed by atoms with E-state index in [2.05, 4.69) is 20.3 Å². The Bertz CT molecular complexity index is 581. The SMILES string of the molecule is COC1=NC(Cl)(OC)NC(c2cncnc2OC)=C1F. The molecule has 0 saturated heterocycles. The van der Waals surface area contributed by atoms with Gasteiger partial charge < -0.3 is 19.5 Å². The largest absolute Gasteiger partial charge is 0.480 e. The molecule has 1 N–H and O–H groups in total. The van der Waals surface area contributed by atoms with Gasteiger partial charge in [-0.05, 0) is 11.6 Å². The molecule has 1 aromatic heterocycles. The van der Waals surface area contributed by atoms with Crippen LogP contribution in [0.15, 0.2) is 23.3 Å². The number of aliphatic imine (C=N–C) groups is 1. The summed E-state index contributed by atoms with van der Waals surface area (Å²) in [5.74, 6) is -0.888. The Morgan fingerprint density at radius 1 is 1.30 bits per heavy atom.